The highest BCUT2D eigenvalue weighted by atomic mass is 32.2. The van der Waals surface area contributed by atoms with Crippen LogP contribution in [0.2, 0.25) is 0 Å². The molecule has 0 aliphatic heterocycles. The van der Waals surface area contributed by atoms with E-state index in [0.717, 1.165) is 5.75 Å². The molecule has 0 aliphatic rings. The van der Waals surface area contributed by atoms with Crippen molar-refractivity contribution in [2.24, 2.45) is 0 Å². The van der Waals surface area contributed by atoms with Crippen molar-refractivity contribution in [1.82, 2.24) is 0 Å². The molecule has 2 rings (SSSR count). The molecule has 17 heavy (non-hydrogen) atoms. The van der Waals surface area contributed by atoms with Gasteiger partial charge in [-0.15, -0.1) is 11.8 Å². The van der Waals surface area contributed by atoms with Crippen molar-refractivity contribution in [3.05, 3.63) is 59.9 Å². The van der Waals surface area contributed by atoms with Gasteiger partial charge in [0, 0.05) is 10.6 Å². The summed E-state index contributed by atoms with van der Waals surface area (Å²) in [5, 5.41) is 0. The Kier molecular flexibility index (Phi) is 4.04. The van der Waals surface area contributed by atoms with E-state index in [0.29, 0.717) is 10.6 Å². The Bertz CT molecular complexity index is 485. The van der Waals surface area contributed by atoms with E-state index in [4.69, 9.17) is 4.74 Å². The lowest BCUT2D eigenvalue weighted by atomic mass is 10.2. The Morgan fingerprint density at radius 2 is 1.88 bits per heavy atom. The van der Waals surface area contributed by atoms with Gasteiger partial charge in [0.15, 0.2) is 0 Å². The molecular formula is C14H13FOS. The average molecular weight is 248 g/mol. The van der Waals surface area contributed by atoms with Crippen molar-refractivity contribution in [2.45, 2.75) is 10.6 Å². The summed E-state index contributed by atoms with van der Waals surface area (Å²) in [7, 11) is 1.58. The minimum absolute atomic E-state index is 0.202. The maximum Gasteiger partial charge on any atom is 0.137 e. The molecule has 3 heteroatoms. The fourth-order valence-electron chi connectivity index (χ4n) is 1.46. The van der Waals surface area contributed by atoms with Crippen LogP contribution in [0.5, 0.6) is 5.75 Å². The summed E-state index contributed by atoms with van der Waals surface area (Å²) in [6.07, 6.45) is 0. The zero-order valence-corrected chi connectivity index (χ0v) is 10.3. The molecule has 0 amide bonds. The molecule has 0 fully saturated rings. The highest BCUT2D eigenvalue weighted by Crippen LogP contribution is 2.28. The minimum atomic E-state index is -0.202. The minimum Gasteiger partial charge on any atom is -0.497 e. The van der Waals surface area contributed by atoms with Crippen LogP contribution in [0.15, 0.2) is 53.4 Å². The van der Waals surface area contributed by atoms with E-state index < -0.39 is 0 Å². The molecule has 2 aromatic carbocycles. The van der Waals surface area contributed by atoms with Crippen molar-refractivity contribution in [2.75, 3.05) is 7.11 Å². The highest BCUT2D eigenvalue weighted by Gasteiger charge is 2.05. The Balaban J connectivity index is 2.08. The molecule has 0 aromatic heterocycles. The molecular weight excluding hydrogens is 235 g/mol. The first-order chi connectivity index (χ1) is 8.29. The largest absolute Gasteiger partial charge is 0.497 e. The van der Waals surface area contributed by atoms with Crippen molar-refractivity contribution in [3.8, 4) is 5.75 Å². The van der Waals surface area contributed by atoms with Crippen LogP contribution < -0.4 is 4.74 Å². The van der Waals surface area contributed by atoms with Gasteiger partial charge in [-0.05, 0) is 23.8 Å². The predicted molar refractivity (Wildman–Crippen MR) is 69.0 cm³/mol. The second-order valence-corrected chi connectivity index (χ2v) is 4.59. The number of hydrogen-bond acceptors (Lipinski definition) is 2. The summed E-state index contributed by atoms with van der Waals surface area (Å²) in [6.45, 7) is 0. The van der Waals surface area contributed by atoms with E-state index in [1.165, 1.54) is 23.4 Å². The number of ether oxygens (including phenoxy) is 1. The van der Waals surface area contributed by atoms with E-state index in [-0.39, 0.29) is 5.82 Å². The van der Waals surface area contributed by atoms with E-state index in [1.807, 2.05) is 30.3 Å². The summed E-state index contributed by atoms with van der Waals surface area (Å²) in [5.74, 6) is 1.24. The van der Waals surface area contributed by atoms with Crippen LogP contribution in [-0.2, 0) is 5.75 Å². The van der Waals surface area contributed by atoms with Crippen molar-refractivity contribution < 1.29 is 9.13 Å². The van der Waals surface area contributed by atoms with Gasteiger partial charge in [-0.25, -0.2) is 4.39 Å². The van der Waals surface area contributed by atoms with Gasteiger partial charge in [0.25, 0.3) is 0 Å². The smallest absolute Gasteiger partial charge is 0.137 e. The summed E-state index contributed by atoms with van der Waals surface area (Å²) in [6, 6.07) is 14.8. The number of methoxy groups -OCH3 is 1. The summed E-state index contributed by atoms with van der Waals surface area (Å²) in [5.41, 5.74) is 1.18. The Hall–Kier alpha value is -1.48. The molecule has 0 spiro atoms. The van der Waals surface area contributed by atoms with Crippen LogP contribution >= 0.6 is 11.8 Å². The zero-order valence-electron chi connectivity index (χ0n) is 9.52. The van der Waals surface area contributed by atoms with E-state index >= 15 is 0 Å². The van der Waals surface area contributed by atoms with Crippen molar-refractivity contribution >= 4 is 11.8 Å². The van der Waals surface area contributed by atoms with Gasteiger partial charge in [-0.2, -0.15) is 0 Å². The molecule has 0 saturated heterocycles. The third-order valence-corrected chi connectivity index (χ3v) is 3.48. The zero-order chi connectivity index (χ0) is 12.1. The van der Waals surface area contributed by atoms with Gasteiger partial charge in [0.1, 0.15) is 11.6 Å². The Morgan fingerprint density at radius 3 is 2.59 bits per heavy atom. The topological polar surface area (TPSA) is 9.23 Å². The number of thioether (sulfide) groups is 1. The lowest BCUT2D eigenvalue weighted by Gasteiger charge is -2.06. The van der Waals surface area contributed by atoms with Gasteiger partial charge in [0.05, 0.1) is 7.11 Å². The lowest BCUT2D eigenvalue weighted by molar-refractivity contribution is 0.411. The van der Waals surface area contributed by atoms with Gasteiger partial charge in [0.2, 0.25) is 0 Å². The molecule has 0 heterocycles. The van der Waals surface area contributed by atoms with Crippen molar-refractivity contribution in [3.63, 3.8) is 0 Å². The summed E-state index contributed by atoms with van der Waals surface area (Å²) >= 11 is 1.47. The van der Waals surface area contributed by atoms with Crippen LogP contribution in [0.1, 0.15) is 5.56 Å². The maximum atomic E-state index is 13.5. The van der Waals surface area contributed by atoms with Gasteiger partial charge < -0.3 is 4.74 Å². The standard InChI is InChI=1S/C14H13FOS/c1-16-12-7-8-13(15)14(9-12)17-10-11-5-3-2-4-6-11/h2-9H,10H2,1H3. The molecule has 0 radical (unpaired) electrons. The molecule has 1 nitrogen and oxygen atoms in total. The first-order valence-corrected chi connectivity index (χ1v) is 6.28. The molecule has 0 bridgehead atoms. The molecule has 0 N–H and O–H groups in total. The first kappa shape index (κ1) is 12.0. The quantitative estimate of drug-likeness (QED) is 0.752. The lowest BCUT2D eigenvalue weighted by Crippen LogP contribution is -1.87. The summed E-state index contributed by atoms with van der Waals surface area (Å²) < 4.78 is 18.6. The molecule has 0 aliphatic carbocycles. The molecule has 0 atom stereocenters. The summed E-state index contributed by atoms with van der Waals surface area (Å²) in [4.78, 5) is 0.619. The van der Waals surface area contributed by atoms with Gasteiger partial charge in [-0.3, -0.25) is 0 Å². The monoisotopic (exact) mass is 248 g/mol. The van der Waals surface area contributed by atoms with Crippen LogP contribution in [0.25, 0.3) is 0 Å². The van der Waals surface area contributed by atoms with Gasteiger partial charge in [-0.1, -0.05) is 30.3 Å². The van der Waals surface area contributed by atoms with Crippen molar-refractivity contribution in [1.29, 1.82) is 0 Å². The fourth-order valence-corrected chi connectivity index (χ4v) is 2.38. The number of rotatable bonds is 4. The molecule has 0 unspecified atom stereocenters. The first-order valence-electron chi connectivity index (χ1n) is 5.30. The van der Waals surface area contributed by atoms with Gasteiger partial charge >= 0.3 is 0 Å². The van der Waals surface area contributed by atoms with Crippen LogP contribution in [-0.4, -0.2) is 7.11 Å². The SMILES string of the molecule is COc1ccc(F)c(SCc2ccccc2)c1. The third kappa shape index (κ3) is 3.24. The van der Waals surface area contributed by atoms with Crippen LogP contribution in [0, 0.1) is 5.82 Å². The third-order valence-electron chi connectivity index (χ3n) is 2.38. The van der Waals surface area contributed by atoms with E-state index in [2.05, 4.69) is 0 Å². The number of benzene rings is 2. The number of halogens is 1. The number of hydrogen-bond donors (Lipinski definition) is 0. The molecule has 88 valence electrons. The van der Waals surface area contributed by atoms with Crippen LogP contribution in [0.4, 0.5) is 4.39 Å². The predicted octanol–water partition coefficient (Wildman–Crippen LogP) is 4.13. The Morgan fingerprint density at radius 1 is 1.12 bits per heavy atom. The highest BCUT2D eigenvalue weighted by molar-refractivity contribution is 7.98. The fraction of sp³-hybridized carbons (Fsp3) is 0.143. The van der Waals surface area contributed by atoms with E-state index in [9.17, 15) is 4.39 Å². The van der Waals surface area contributed by atoms with E-state index in [1.54, 1.807) is 19.2 Å². The second kappa shape index (κ2) is 5.73. The molecule has 0 saturated carbocycles. The Labute approximate surface area is 105 Å². The molecule has 2 aromatic rings. The second-order valence-electron chi connectivity index (χ2n) is 3.57. The maximum absolute atomic E-state index is 13.5. The van der Waals surface area contributed by atoms with Crippen LogP contribution in [0.3, 0.4) is 0 Å². The normalized spacial score (nSPS) is 10.2. The average Bonchev–Trinajstić information content (AvgIpc) is 2.39.